The average Bonchev–Trinajstić information content (AvgIpc) is 3.11. The lowest BCUT2D eigenvalue weighted by Crippen LogP contribution is -2.14. The maximum absolute atomic E-state index is 12.4. The number of imidazole rings is 1. The molecule has 0 bridgehead atoms. The first kappa shape index (κ1) is 17.3. The number of hydrogen-bond donors (Lipinski definition) is 0. The van der Waals surface area contributed by atoms with Gasteiger partial charge in [0.1, 0.15) is 5.65 Å². The van der Waals surface area contributed by atoms with Gasteiger partial charge in [0.15, 0.2) is 5.16 Å². The van der Waals surface area contributed by atoms with Crippen LogP contribution in [-0.2, 0) is 18.6 Å². The Balaban J connectivity index is 1.51. The van der Waals surface area contributed by atoms with Crippen LogP contribution in [0.15, 0.2) is 70.7 Å². The number of pyridine rings is 1. The summed E-state index contributed by atoms with van der Waals surface area (Å²) in [4.78, 5) is 21.9. The van der Waals surface area contributed by atoms with Crippen LogP contribution in [0.1, 0.15) is 29.9 Å². The molecule has 4 aromatic rings. The second kappa shape index (κ2) is 7.28. The van der Waals surface area contributed by atoms with E-state index in [1.807, 2.05) is 24.3 Å². The minimum atomic E-state index is -0.0492. The van der Waals surface area contributed by atoms with Gasteiger partial charge in [-0.15, -0.1) is 0 Å². The molecule has 28 heavy (non-hydrogen) atoms. The Morgan fingerprint density at radius 2 is 1.79 bits per heavy atom. The van der Waals surface area contributed by atoms with E-state index in [2.05, 4.69) is 33.8 Å². The van der Waals surface area contributed by atoms with Crippen LogP contribution in [-0.4, -0.2) is 18.9 Å². The molecule has 0 radical (unpaired) electrons. The van der Waals surface area contributed by atoms with Crippen LogP contribution in [0, 0.1) is 0 Å². The van der Waals surface area contributed by atoms with Crippen molar-refractivity contribution in [1.82, 2.24) is 18.9 Å². The molecule has 0 fully saturated rings. The molecular weight excluding hydrogens is 368 g/mol. The number of aryl methyl sites for hydroxylation is 1. The van der Waals surface area contributed by atoms with Crippen LogP contribution in [0.25, 0.3) is 11.3 Å². The molecule has 5 nitrogen and oxygen atoms in total. The third-order valence-electron chi connectivity index (χ3n) is 5.09. The van der Waals surface area contributed by atoms with Crippen molar-refractivity contribution < 1.29 is 0 Å². The van der Waals surface area contributed by atoms with Crippen LogP contribution in [0.5, 0.6) is 0 Å². The molecule has 1 aromatic carbocycles. The highest BCUT2D eigenvalue weighted by atomic mass is 32.2. The molecule has 0 amide bonds. The molecular formula is C22H20N4OS. The van der Waals surface area contributed by atoms with Gasteiger partial charge in [-0.3, -0.25) is 13.8 Å². The van der Waals surface area contributed by atoms with E-state index in [1.165, 1.54) is 24.2 Å². The lowest BCUT2D eigenvalue weighted by atomic mass is 10.0. The quantitative estimate of drug-likeness (QED) is 0.495. The lowest BCUT2D eigenvalue weighted by molar-refractivity contribution is 0.654. The molecule has 0 unspecified atom stereocenters. The monoisotopic (exact) mass is 388 g/mol. The highest BCUT2D eigenvalue weighted by Gasteiger charge is 2.21. The minimum absolute atomic E-state index is 0.0492. The minimum Gasteiger partial charge on any atom is -0.292 e. The Hall–Kier alpha value is -2.86. The van der Waals surface area contributed by atoms with E-state index < -0.39 is 0 Å². The van der Waals surface area contributed by atoms with Gasteiger partial charge in [0, 0.05) is 29.4 Å². The Bertz CT molecular complexity index is 1200. The first-order chi connectivity index (χ1) is 13.8. The van der Waals surface area contributed by atoms with Crippen molar-refractivity contribution in [3.05, 3.63) is 88.2 Å². The van der Waals surface area contributed by atoms with Gasteiger partial charge < -0.3 is 0 Å². The smallest absolute Gasteiger partial charge is 0.258 e. The van der Waals surface area contributed by atoms with E-state index in [0.717, 1.165) is 29.4 Å². The SMILES string of the molecule is O=c1cc(CSc2nc3c(n2-c2ccccc2)CCCC3)nc2ccccn12. The molecule has 0 saturated heterocycles. The summed E-state index contributed by atoms with van der Waals surface area (Å²) in [5.74, 6) is 0.614. The van der Waals surface area contributed by atoms with Gasteiger partial charge in [-0.25, -0.2) is 9.97 Å². The van der Waals surface area contributed by atoms with E-state index in [-0.39, 0.29) is 5.56 Å². The van der Waals surface area contributed by atoms with E-state index in [0.29, 0.717) is 11.4 Å². The maximum atomic E-state index is 12.4. The van der Waals surface area contributed by atoms with Crippen LogP contribution < -0.4 is 5.56 Å². The molecule has 0 saturated carbocycles. The topological polar surface area (TPSA) is 52.2 Å². The van der Waals surface area contributed by atoms with Gasteiger partial charge in [-0.05, 0) is 49.9 Å². The second-order valence-corrected chi connectivity index (χ2v) is 7.91. The highest BCUT2D eigenvalue weighted by Crippen LogP contribution is 2.31. The van der Waals surface area contributed by atoms with Crippen LogP contribution in [0.3, 0.4) is 0 Å². The molecule has 1 aliphatic rings. The number of benzene rings is 1. The summed E-state index contributed by atoms with van der Waals surface area (Å²) in [6.45, 7) is 0. The molecule has 0 N–H and O–H groups in total. The highest BCUT2D eigenvalue weighted by molar-refractivity contribution is 7.98. The van der Waals surface area contributed by atoms with Gasteiger partial charge in [-0.1, -0.05) is 36.0 Å². The van der Waals surface area contributed by atoms with Gasteiger partial charge in [0.2, 0.25) is 0 Å². The Morgan fingerprint density at radius 3 is 2.68 bits per heavy atom. The summed E-state index contributed by atoms with van der Waals surface area (Å²) in [5.41, 5.74) is 5.09. The summed E-state index contributed by atoms with van der Waals surface area (Å²) < 4.78 is 3.85. The first-order valence-electron chi connectivity index (χ1n) is 9.55. The largest absolute Gasteiger partial charge is 0.292 e. The van der Waals surface area contributed by atoms with Crippen LogP contribution >= 0.6 is 11.8 Å². The van der Waals surface area contributed by atoms with Gasteiger partial charge in [0.05, 0.1) is 11.4 Å². The van der Waals surface area contributed by atoms with E-state index in [4.69, 9.17) is 4.98 Å². The summed E-state index contributed by atoms with van der Waals surface area (Å²) in [5, 5.41) is 0.980. The fourth-order valence-electron chi connectivity index (χ4n) is 3.77. The third-order valence-corrected chi connectivity index (χ3v) is 6.06. The van der Waals surface area contributed by atoms with Gasteiger partial charge >= 0.3 is 0 Å². The van der Waals surface area contributed by atoms with Crippen molar-refractivity contribution in [3.63, 3.8) is 0 Å². The molecule has 0 spiro atoms. The standard InChI is InChI=1S/C22H20N4OS/c27-21-14-16(23-20-12-6-7-13-25(20)21)15-28-22-24-18-10-4-5-11-19(18)26(22)17-8-2-1-3-9-17/h1-3,6-9,12-14H,4-5,10-11,15H2. The number of nitrogens with zero attached hydrogens (tertiary/aromatic N) is 4. The second-order valence-electron chi connectivity index (χ2n) is 6.97. The van der Waals surface area contributed by atoms with E-state index >= 15 is 0 Å². The normalized spacial score (nSPS) is 13.6. The summed E-state index contributed by atoms with van der Waals surface area (Å²) in [6.07, 6.45) is 6.26. The summed E-state index contributed by atoms with van der Waals surface area (Å²) >= 11 is 1.65. The zero-order valence-electron chi connectivity index (χ0n) is 15.4. The van der Waals surface area contributed by atoms with E-state index in [1.54, 1.807) is 28.4 Å². The predicted octanol–water partition coefficient (Wildman–Crippen LogP) is 4.05. The number of thioether (sulfide) groups is 1. The first-order valence-corrected chi connectivity index (χ1v) is 10.5. The van der Waals surface area contributed by atoms with E-state index in [9.17, 15) is 4.79 Å². The van der Waals surface area contributed by atoms with Crippen molar-refractivity contribution in [2.24, 2.45) is 0 Å². The number of para-hydroxylation sites is 1. The molecule has 3 heterocycles. The van der Waals surface area contributed by atoms with Crippen molar-refractivity contribution >= 4 is 17.4 Å². The van der Waals surface area contributed by atoms with Crippen molar-refractivity contribution in [2.75, 3.05) is 0 Å². The Labute approximate surface area is 167 Å². The Morgan fingerprint density at radius 1 is 0.964 bits per heavy atom. The fourth-order valence-corrected chi connectivity index (χ4v) is 4.72. The predicted molar refractivity (Wildman–Crippen MR) is 111 cm³/mol. The zero-order chi connectivity index (χ0) is 18.9. The van der Waals surface area contributed by atoms with Gasteiger partial charge in [-0.2, -0.15) is 0 Å². The molecule has 140 valence electrons. The average molecular weight is 388 g/mol. The van der Waals surface area contributed by atoms with Crippen LogP contribution in [0.2, 0.25) is 0 Å². The molecule has 5 rings (SSSR count). The third kappa shape index (κ3) is 3.14. The van der Waals surface area contributed by atoms with Crippen LogP contribution in [0.4, 0.5) is 0 Å². The number of aromatic nitrogens is 4. The lowest BCUT2D eigenvalue weighted by Gasteiger charge is -2.15. The van der Waals surface area contributed by atoms with Crippen molar-refractivity contribution in [3.8, 4) is 5.69 Å². The molecule has 3 aromatic heterocycles. The molecule has 6 heteroatoms. The summed E-state index contributed by atoms with van der Waals surface area (Å²) in [7, 11) is 0. The van der Waals surface area contributed by atoms with Crippen molar-refractivity contribution in [2.45, 2.75) is 36.6 Å². The zero-order valence-corrected chi connectivity index (χ0v) is 16.2. The molecule has 0 aliphatic heterocycles. The fraction of sp³-hybridized carbons (Fsp3) is 0.227. The molecule has 1 aliphatic carbocycles. The van der Waals surface area contributed by atoms with Crippen molar-refractivity contribution in [1.29, 1.82) is 0 Å². The molecule has 0 atom stereocenters. The van der Waals surface area contributed by atoms with Gasteiger partial charge in [0.25, 0.3) is 5.56 Å². The Kier molecular flexibility index (Phi) is 4.49. The maximum Gasteiger partial charge on any atom is 0.258 e. The number of hydrogen-bond acceptors (Lipinski definition) is 4. The number of fused-ring (bicyclic) bond motifs is 2. The summed E-state index contributed by atoms with van der Waals surface area (Å²) in [6, 6.07) is 17.6. The number of rotatable bonds is 4.